The fraction of sp³-hybridized carbons (Fsp3) is 0.474. The van der Waals surface area contributed by atoms with Gasteiger partial charge in [0.1, 0.15) is 5.82 Å². The van der Waals surface area contributed by atoms with E-state index in [4.69, 9.17) is 16.3 Å². The molecule has 1 fully saturated rings. The Balaban J connectivity index is 1.80. The quantitative estimate of drug-likeness (QED) is 0.760. The van der Waals surface area contributed by atoms with E-state index < -0.39 is 5.82 Å². The fourth-order valence-electron chi connectivity index (χ4n) is 3.80. The number of rotatable bonds is 2. The highest BCUT2D eigenvalue weighted by Gasteiger charge is 2.35. The van der Waals surface area contributed by atoms with Crippen molar-refractivity contribution >= 4 is 34.2 Å². The topological polar surface area (TPSA) is 59.4 Å². The lowest BCUT2D eigenvalue weighted by Crippen LogP contribution is -2.35. The Labute approximate surface area is 165 Å². The number of aromatic amines is 1. The van der Waals surface area contributed by atoms with Crippen LogP contribution >= 0.6 is 23.4 Å². The third-order valence-corrected chi connectivity index (χ3v) is 6.50. The van der Waals surface area contributed by atoms with Crippen LogP contribution in [-0.4, -0.2) is 27.0 Å². The summed E-state index contributed by atoms with van der Waals surface area (Å²) in [5, 5.41) is 3.62. The zero-order valence-electron chi connectivity index (χ0n) is 15.4. The second-order valence-corrected chi connectivity index (χ2v) is 9.31. The number of benzene rings is 1. The Bertz CT molecular complexity index is 982. The first-order valence-electron chi connectivity index (χ1n) is 8.90. The highest BCUT2D eigenvalue weighted by molar-refractivity contribution is 8.14. The maximum atomic E-state index is 13.6. The minimum Gasteiger partial charge on any atom is -0.375 e. The van der Waals surface area contributed by atoms with Gasteiger partial charge in [0, 0.05) is 6.61 Å². The molecule has 1 aromatic heterocycles. The van der Waals surface area contributed by atoms with E-state index in [0.717, 1.165) is 23.4 Å². The molecule has 1 aromatic carbocycles. The molecule has 8 heteroatoms. The maximum absolute atomic E-state index is 13.6. The molecule has 1 N–H and O–H groups in total. The molecular weight excluding hydrogens is 389 g/mol. The molecule has 0 spiro atoms. The van der Waals surface area contributed by atoms with Gasteiger partial charge >= 0.3 is 0 Å². The van der Waals surface area contributed by atoms with Gasteiger partial charge in [-0.1, -0.05) is 29.4 Å². The van der Waals surface area contributed by atoms with Crippen molar-refractivity contribution in [3.63, 3.8) is 0 Å². The normalized spacial score (nSPS) is 24.4. The number of nitrogens with zero attached hydrogens (tertiary/aromatic N) is 2. The zero-order valence-corrected chi connectivity index (χ0v) is 17.0. The van der Waals surface area contributed by atoms with Gasteiger partial charge in [0.15, 0.2) is 5.82 Å². The van der Waals surface area contributed by atoms with E-state index in [-0.39, 0.29) is 27.5 Å². The van der Waals surface area contributed by atoms with E-state index in [1.54, 1.807) is 12.1 Å². The smallest absolute Gasteiger partial charge is 0.271 e. The largest absolute Gasteiger partial charge is 0.375 e. The Morgan fingerprint density at radius 2 is 2.22 bits per heavy atom. The summed E-state index contributed by atoms with van der Waals surface area (Å²) in [6, 6.07) is 4.72. The standard InChI is InChI=1S/C19H21ClFN3O2S/c1-10-22-17-15(16(27-10)11-4-5-14(21)13(20)8-11)18(25)23-24(17)12-6-7-26-19(2,3)9-12/h4-5,8,12,16H,6-7,9H2,1-3H3,(H,23,25)/t12-,16+/m0/s1. The van der Waals surface area contributed by atoms with Crippen LogP contribution < -0.4 is 5.56 Å². The average Bonchev–Trinajstić information content (AvgIpc) is 2.92. The number of aromatic nitrogens is 2. The summed E-state index contributed by atoms with van der Waals surface area (Å²) < 4.78 is 21.3. The Morgan fingerprint density at radius 3 is 2.93 bits per heavy atom. The van der Waals surface area contributed by atoms with Crippen LogP contribution in [0.25, 0.3) is 0 Å². The monoisotopic (exact) mass is 409 g/mol. The van der Waals surface area contributed by atoms with Gasteiger partial charge in [-0.15, -0.1) is 0 Å². The second kappa shape index (κ2) is 6.79. The molecule has 0 radical (unpaired) electrons. The van der Waals surface area contributed by atoms with Crippen molar-refractivity contribution in [2.24, 2.45) is 4.99 Å². The molecular formula is C19H21ClFN3O2S. The van der Waals surface area contributed by atoms with Gasteiger partial charge in [-0.3, -0.25) is 14.6 Å². The molecule has 0 aliphatic carbocycles. The first-order chi connectivity index (χ1) is 12.7. The zero-order chi connectivity index (χ0) is 19.3. The summed E-state index contributed by atoms with van der Waals surface area (Å²) in [5.41, 5.74) is 0.974. The van der Waals surface area contributed by atoms with Crippen molar-refractivity contribution in [3.8, 4) is 0 Å². The molecule has 5 nitrogen and oxygen atoms in total. The second-order valence-electron chi connectivity index (χ2n) is 7.61. The van der Waals surface area contributed by atoms with E-state index in [2.05, 4.69) is 23.9 Å². The lowest BCUT2D eigenvalue weighted by molar-refractivity contribution is -0.0705. The number of thioether (sulfide) groups is 1. The van der Waals surface area contributed by atoms with E-state index in [0.29, 0.717) is 18.0 Å². The predicted octanol–water partition coefficient (Wildman–Crippen LogP) is 4.99. The van der Waals surface area contributed by atoms with Gasteiger partial charge in [0.2, 0.25) is 0 Å². The van der Waals surface area contributed by atoms with Gasteiger partial charge in [-0.25, -0.2) is 9.38 Å². The van der Waals surface area contributed by atoms with Crippen molar-refractivity contribution in [3.05, 3.63) is 50.5 Å². The summed E-state index contributed by atoms with van der Waals surface area (Å²) in [7, 11) is 0. The van der Waals surface area contributed by atoms with Crippen LogP contribution in [0.1, 0.15) is 56.0 Å². The third kappa shape index (κ3) is 3.48. The molecule has 4 rings (SSSR count). The molecule has 0 unspecified atom stereocenters. The van der Waals surface area contributed by atoms with Gasteiger partial charge in [-0.05, 0) is 51.3 Å². The van der Waals surface area contributed by atoms with Crippen molar-refractivity contribution in [1.82, 2.24) is 9.78 Å². The van der Waals surface area contributed by atoms with Crippen LogP contribution in [-0.2, 0) is 4.74 Å². The van der Waals surface area contributed by atoms with Crippen molar-refractivity contribution in [1.29, 1.82) is 0 Å². The number of fused-ring (bicyclic) bond motifs is 1. The van der Waals surface area contributed by atoms with Crippen LogP contribution in [0, 0.1) is 5.82 Å². The van der Waals surface area contributed by atoms with Crippen molar-refractivity contribution in [2.75, 3.05) is 6.61 Å². The highest BCUT2D eigenvalue weighted by atomic mass is 35.5. The van der Waals surface area contributed by atoms with Gasteiger partial charge < -0.3 is 4.74 Å². The van der Waals surface area contributed by atoms with E-state index >= 15 is 0 Å². The van der Waals surface area contributed by atoms with Crippen LogP contribution in [0.15, 0.2) is 28.0 Å². The Kier molecular flexibility index (Phi) is 4.72. The lowest BCUT2D eigenvalue weighted by atomic mass is 9.94. The molecule has 2 atom stereocenters. The molecule has 2 aliphatic rings. The number of hydrogen-bond acceptors (Lipinski definition) is 4. The molecule has 1 saturated heterocycles. The SMILES string of the molecule is CC1=Nc2c(c(=O)[nH]n2[C@H]2CCOC(C)(C)C2)[C@@H](c2ccc(F)c(Cl)c2)S1. The molecule has 2 aromatic rings. The minimum atomic E-state index is -0.470. The van der Waals surface area contributed by atoms with Crippen LogP contribution in [0.5, 0.6) is 0 Å². The highest BCUT2D eigenvalue weighted by Crippen LogP contribution is 2.45. The average molecular weight is 410 g/mol. The molecule has 0 saturated carbocycles. The van der Waals surface area contributed by atoms with Gasteiger partial charge in [0.25, 0.3) is 5.56 Å². The van der Waals surface area contributed by atoms with Crippen LogP contribution in [0.2, 0.25) is 5.02 Å². The Hall–Kier alpha value is -1.57. The molecule has 3 heterocycles. The summed E-state index contributed by atoms with van der Waals surface area (Å²) in [4.78, 5) is 17.5. The summed E-state index contributed by atoms with van der Waals surface area (Å²) in [5.74, 6) is 0.187. The number of ether oxygens (including phenoxy) is 1. The fourth-order valence-corrected chi connectivity index (χ4v) is 5.09. The van der Waals surface area contributed by atoms with Crippen LogP contribution in [0.4, 0.5) is 10.2 Å². The van der Waals surface area contributed by atoms with Crippen molar-refractivity contribution in [2.45, 2.75) is 50.5 Å². The molecule has 0 bridgehead atoms. The van der Waals surface area contributed by atoms with E-state index in [9.17, 15) is 9.18 Å². The van der Waals surface area contributed by atoms with E-state index in [1.807, 2.05) is 11.6 Å². The summed E-state index contributed by atoms with van der Waals surface area (Å²) in [6.45, 7) is 6.67. The number of halogens is 2. The number of hydrogen-bond donors (Lipinski definition) is 1. The predicted molar refractivity (Wildman–Crippen MR) is 107 cm³/mol. The molecule has 0 amide bonds. The van der Waals surface area contributed by atoms with Crippen molar-refractivity contribution < 1.29 is 9.13 Å². The number of nitrogens with one attached hydrogen (secondary N) is 1. The Morgan fingerprint density at radius 1 is 1.44 bits per heavy atom. The molecule has 27 heavy (non-hydrogen) atoms. The number of H-pyrrole nitrogens is 1. The molecule has 144 valence electrons. The first kappa shape index (κ1) is 18.8. The maximum Gasteiger partial charge on any atom is 0.271 e. The number of aliphatic imine (C=N–C) groups is 1. The van der Waals surface area contributed by atoms with E-state index in [1.165, 1.54) is 17.8 Å². The van der Waals surface area contributed by atoms with Gasteiger partial charge in [-0.2, -0.15) is 0 Å². The molecule has 2 aliphatic heterocycles. The summed E-state index contributed by atoms with van der Waals surface area (Å²) >= 11 is 7.46. The lowest BCUT2D eigenvalue weighted by Gasteiger charge is -2.36. The van der Waals surface area contributed by atoms with Crippen LogP contribution in [0.3, 0.4) is 0 Å². The minimum absolute atomic E-state index is 0.0526. The first-order valence-corrected chi connectivity index (χ1v) is 10.2. The third-order valence-electron chi connectivity index (χ3n) is 5.03. The summed E-state index contributed by atoms with van der Waals surface area (Å²) in [6.07, 6.45) is 1.61. The van der Waals surface area contributed by atoms with Gasteiger partial charge in [0.05, 0.1) is 32.5 Å².